The van der Waals surface area contributed by atoms with Gasteiger partial charge in [0.25, 0.3) is 0 Å². The number of hydrogen-bond donors (Lipinski definition) is 1. The first kappa shape index (κ1) is 23.0. The van der Waals surface area contributed by atoms with Gasteiger partial charge < -0.3 is 0 Å². The number of nitrogens with one attached hydrogen (secondary N) is 1. The third-order valence-electron chi connectivity index (χ3n) is 4.57. The van der Waals surface area contributed by atoms with Gasteiger partial charge in [0.05, 0.1) is 0 Å². The maximum absolute atomic E-state index is 11.1. The number of amides is 1. The van der Waals surface area contributed by atoms with Crippen LogP contribution >= 0.6 is 0 Å². The summed E-state index contributed by atoms with van der Waals surface area (Å²) in [5.41, 5.74) is 0. The first-order chi connectivity index (χ1) is 11.0. The molecule has 3 heteroatoms. The summed E-state index contributed by atoms with van der Waals surface area (Å²) in [4.78, 5) is 11.1. The van der Waals surface area contributed by atoms with Crippen LogP contribution in [0.2, 0.25) is 3.43 Å². The van der Waals surface area contributed by atoms with Gasteiger partial charge in [-0.25, -0.2) is 0 Å². The zero-order valence-corrected chi connectivity index (χ0v) is 19.1. The maximum atomic E-state index is 11.1. The van der Waals surface area contributed by atoms with Gasteiger partial charge in [-0.3, -0.25) is 0 Å². The van der Waals surface area contributed by atoms with Crippen molar-refractivity contribution < 1.29 is 4.79 Å². The molecule has 0 unspecified atom stereocenters. The van der Waals surface area contributed by atoms with Gasteiger partial charge in [0.1, 0.15) is 0 Å². The van der Waals surface area contributed by atoms with E-state index in [2.05, 4.69) is 39.1 Å². The van der Waals surface area contributed by atoms with Crippen molar-refractivity contribution in [3.05, 3.63) is 9.67 Å². The molecule has 0 aromatic carbocycles. The van der Waals surface area contributed by atoms with Crippen LogP contribution in [0.25, 0.3) is 0 Å². The van der Waals surface area contributed by atoms with Gasteiger partial charge in [0, 0.05) is 0 Å². The molecule has 0 spiro atoms. The number of hydrogen-bond acceptors (Lipinski definition) is 1. The number of carbonyl (C=O) groups is 1. The van der Waals surface area contributed by atoms with Crippen LogP contribution in [0, 0.1) is 0 Å². The SMILES string of the molecule is C/C=[C](/CCNC(C)=O)[Sn][C](CCCC)(CCCC)CCCC. The minimum absolute atomic E-state index is 0.0973. The van der Waals surface area contributed by atoms with Crippen LogP contribution in [0.3, 0.4) is 0 Å². The molecule has 0 rings (SSSR count). The third kappa shape index (κ3) is 11.2. The summed E-state index contributed by atoms with van der Waals surface area (Å²) in [6, 6.07) is 0. The van der Waals surface area contributed by atoms with Crippen molar-refractivity contribution in [1.82, 2.24) is 5.32 Å². The summed E-state index contributed by atoms with van der Waals surface area (Å²) in [5, 5.41) is 2.97. The van der Waals surface area contributed by atoms with Gasteiger partial charge in [-0.05, 0) is 0 Å². The number of allylic oxidation sites excluding steroid dienone is 1. The summed E-state index contributed by atoms with van der Waals surface area (Å²) in [6.45, 7) is 11.6. The fourth-order valence-corrected chi connectivity index (χ4v) is 8.75. The molecule has 0 aliphatic rings. The van der Waals surface area contributed by atoms with E-state index in [1.165, 1.54) is 57.8 Å². The molecular formula is C20H39NOSn. The Kier molecular flexibility index (Phi) is 14.4. The molecular weight excluding hydrogens is 389 g/mol. The van der Waals surface area contributed by atoms with E-state index in [0.29, 0.717) is 3.43 Å². The quantitative estimate of drug-likeness (QED) is 0.346. The van der Waals surface area contributed by atoms with Crippen LogP contribution < -0.4 is 5.32 Å². The van der Waals surface area contributed by atoms with Crippen molar-refractivity contribution in [2.45, 2.75) is 102 Å². The van der Waals surface area contributed by atoms with Crippen molar-refractivity contribution in [3.8, 4) is 0 Å². The van der Waals surface area contributed by atoms with Gasteiger partial charge in [-0.1, -0.05) is 0 Å². The van der Waals surface area contributed by atoms with Gasteiger partial charge >= 0.3 is 156 Å². The Balaban J connectivity index is 4.91. The molecule has 0 bridgehead atoms. The van der Waals surface area contributed by atoms with E-state index in [9.17, 15) is 4.79 Å². The van der Waals surface area contributed by atoms with E-state index in [4.69, 9.17) is 0 Å². The topological polar surface area (TPSA) is 29.1 Å². The fourth-order valence-electron chi connectivity index (χ4n) is 3.10. The van der Waals surface area contributed by atoms with Crippen LogP contribution in [-0.4, -0.2) is 33.6 Å². The molecule has 1 amide bonds. The van der Waals surface area contributed by atoms with Gasteiger partial charge in [0.2, 0.25) is 0 Å². The van der Waals surface area contributed by atoms with Crippen molar-refractivity contribution in [2.24, 2.45) is 0 Å². The van der Waals surface area contributed by atoms with Crippen LogP contribution in [0.5, 0.6) is 0 Å². The molecule has 0 fully saturated rings. The first-order valence-corrected chi connectivity index (χ1v) is 12.6. The van der Waals surface area contributed by atoms with E-state index >= 15 is 0 Å². The van der Waals surface area contributed by atoms with Gasteiger partial charge in [-0.2, -0.15) is 0 Å². The van der Waals surface area contributed by atoms with Crippen LogP contribution in [0.4, 0.5) is 0 Å². The molecule has 0 aromatic heterocycles. The van der Waals surface area contributed by atoms with Crippen LogP contribution in [0.15, 0.2) is 9.67 Å². The summed E-state index contributed by atoms with van der Waals surface area (Å²) < 4.78 is 2.36. The summed E-state index contributed by atoms with van der Waals surface area (Å²) in [6.07, 6.45) is 15.9. The molecule has 2 radical (unpaired) electrons. The Morgan fingerprint density at radius 2 is 1.48 bits per heavy atom. The zero-order valence-electron chi connectivity index (χ0n) is 16.3. The summed E-state index contributed by atoms with van der Waals surface area (Å²) in [5.74, 6) is 0.0973. The predicted molar refractivity (Wildman–Crippen MR) is 104 cm³/mol. The first-order valence-electron chi connectivity index (χ1n) is 9.71. The van der Waals surface area contributed by atoms with E-state index in [1.807, 2.05) is 0 Å². The Morgan fingerprint density at radius 3 is 1.83 bits per heavy atom. The molecule has 0 atom stereocenters. The standard InChI is InChI=1S/C13H27.C7H12NO.Sn/c1-4-7-10-13(11-8-5-2)12-9-6-3;1-3-4-5-6-8-7(2)9;/h4-12H2,1-3H3;3H,5-6H2,1-2H3,(H,8,9);. The monoisotopic (exact) mass is 429 g/mol. The average molecular weight is 428 g/mol. The average Bonchev–Trinajstić information content (AvgIpc) is 2.54. The molecule has 0 saturated heterocycles. The second kappa shape index (κ2) is 14.4. The number of rotatable bonds is 14. The minimum atomic E-state index is -0.597. The van der Waals surface area contributed by atoms with Gasteiger partial charge in [0.15, 0.2) is 0 Å². The molecule has 0 heterocycles. The molecule has 0 aliphatic heterocycles. The fraction of sp³-hybridized carbons (Fsp3) is 0.850. The zero-order chi connectivity index (χ0) is 17.6. The van der Waals surface area contributed by atoms with Crippen molar-refractivity contribution in [2.75, 3.05) is 6.54 Å². The van der Waals surface area contributed by atoms with E-state index in [1.54, 1.807) is 10.5 Å². The molecule has 0 aromatic rings. The Labute approximate surface area is 155 Å². The summed E-state index contributed by atoms with van der Waals surface area (Å²) in [7, 11) is 0. The Hall–Kier alpha value is 0.00870. The van der Waals surface area contributed by atoms with E-state index in [-0.39, 0.29) is 5.91 Å². The van der Waals surface area contributed by atoms with E-state index in [0.717, 1.165) is 13.0 Å². The molecule has 134 valence electrons. The number of unbranched alkanes of at least 4 members (excludes halogenated alkanes) is 3. The Bertz CT molecular complexity index is 317. The van der Waals surface area contributed by atoms with Crippen molar-refractivity contribution in [1.29, 1.82) is 0 Å². The third-order valence-corrected chi connectivity index (χ3v) is 10.7. The molecule has 0 saturated carbocycles. The van der Waals surface area contributed by atoms with Crippen LogP contribution in [0.1, 0.15) is 98.8 Å². The van der Waals surface area contributed by atoms with Crippen molar-refractivity contribution in [3.63, 3.8) is 0 Å². The number of carbonyl (C=O) groups excluding carboxylic acids is 1. The van der Waals surface area contributed by atoms with Crippen molar-refractivity contribution >= 4 is 27.0 Å². The van der Waals surface area contributed by atoms with E-state index < -0.39 is 21.1 Å². The molecule has 23 heavy (non-hydrogen) atoms. The van der Waals surface area contributed by atoms with Crippen LogP contribution in [-0.2, 0) is 4.79 Å². The summed E-state index contributed by atoms with van der Waals surface area (Å²) >= 11 is -0.597. The normalized spacial score (nSPS) is 12.5. The molecule has 1 N–H and O–H groups in total. The second-order valence-corrected chi connectivity index (χ2v) is 12.3. The second-order valence-electron chi connectivity index (χ2n) is 6.76. The predicted octanol–water partition coefficient (Wildman–Crippen LogP) is 5.85. The Morgan fingerprint density at radius 1 is 1.00 bits per heavy atom. The molecule has 2 nitrogen and oxygen atoms in total. The molecule has 0 aliphatic carbocycles. The van der Waals surface area contributed by atoms with Gasteiger partial charge in [-0.15, -0.1) is 0 Å².